The van der Waals surface area contributed by atoms with E-state index in [0.29, 0.717) is 0 Å². The number of hydrogen-bond donors (Lipinski definition) is 0. The first kappa shape index (κ1) is 36.8. The zero-order chi connectivity index (χ0) is 42.1. The van der Waals surface area contributed by atoms with Crippen LogP contribution < -0.4 is 4.90 Å². The van der Waals surface area contributed by atoms with Gasteiger partial charge in [0.05, 0.1) is 22.2 Å². The molecule has 3 nitrogen and oxygen atoms in total. The molecular formula is C60H43N3. The number of fused-ring (bicyclic) bond motifs is 7. The molecule has 1 aliphatic rings. The third-order valence-corrected chi connectivity index (χ3v) is 13.2. The molecule has 2 heterocycles. The van der Waals surface area contributed by atoms with Crippen LogP contribution in [0, 0.1) is 0 Å². The minimum Gasteiger partial charge on any atom is -0.310 e. The third kappa shape index (κ3) is 6.07. The van der Waals surface area contributed by atoms with Crippen LogP contribution in [-0.2, 0) is 5.41 Å². The summed E-state index contributed by atoms with van der Waals surface area (Å²) < 4.78 is 2.41. The lowest BCUT2D eigenvalue weighted by Gasteiger charge is -2.28. The lowest BCUT2D eigenvalue weighted by Crippen LogP contribution is -2.16. The van der Waals surface area contributed by atoms with E-state index < -0.39 is 0 Å². The molecule has 0 aliphatic heterocycles. The molecule has 0 atom stereocenters. The number of pyridine rings is 1. The van der Waals surface area contributed by atoms with Gasteiger partial charge in [0.15, 0.2) is 0 Å². The molecule has 0 fully saturated rings. The number of anilines is 3. The van der Waals surface area contributed by atoms with E-state index in [2.05, 4.69) is 248 Å². The Hall–Kier alpha value is -8.01. The fourth-order valence-electron chi connectivity index (χ4n) is 10.0. The smallest absolute Gasteiger partial charge is 0.0788 e. The van der Waals surface area contributed by atoms with Crippen LogP contribution in [0.5, 0.6) is 0 Å². The molecule has 0 amide bonds. The topological polar surface area (TPSA) is 21.1 Å². The van der Waals surface area contributed by atoms with Crippen LogP contribution in [-0.4, -0.2) is 9.55 Å². The Bertz CT molecular complexity index is 3510. The Morgan fingerprint density at radius 1 is 0.397 bits per heavy atom. The second kappa shape index (κ2) is 14.6. The summed E-state index contributed by atoms with van der Waals surface area (Å²) in [4.78, 5) is 7.79. The first-order valence-electron chi connectivity index (χ1n) is 21.8. The zero-order valence-electron chi connectivity index (χ0n) is 35.2. The van der Waals surface area contributed by atoms with Crippen molar-refractivity contribution in [1.82, 2.24) is 9.55 Å². The first-order chi connectivity index (χ1) is 31.0. The van der Waals surface area contributed by atoms with E-state index in [-0.39, 0.29) is 5.41 Å². The fraction of sp³-hybridized carbons (Fsp3) is 0.0500. The highest BCUT2D eigenvalue weighted by molar-refractivity contribution is 6.12. The Balaban J connectivity index is 0.999. The molecule has 0 N–H and O–H groups in total. The van der Waals surface area contributed by atoms with Crippen molar-refractivity contribution in [3.63, 3.8) is 0 Å². The average Bonchev–Trinajstić information content (AvgIpc) is 3.79. The molecule has 0 spiro atoms. The lowest BCUT2D eigenvalue weighted by atomic mass is 9.82. The second-order valence-corrected chi connectivity index (χ2v) is 17.2. The molecule has 11 aromatic rings. The molecule has 0 unspecified atom stereocenters. The normalized spacial score (nSPS) is 12.7. The van der Waals surface area contributed by atoms with Gasteiger partial charge in [-0.15, -0.1) is 0 Å². The molecule has 0 saturated carbocycles. The number of hydrogen-bond acceptors (Lipinski definition) is 2. The quantitative estimate of drug-likeness (QED) is 0.160. The molecule has 2 aromatic heterocycles. The van der Waals surface area contributed by atoms with Crippen molar-refractivity contribution in [2.45, 2.75) is 19.3 Å². The van der Waals surface area contributed by atoms with Crippen LogP contribution >= 0.6 is 0 Å². The maximum absolute atomic E-state index is 5.42. The van der Waals surface area contributed by atoms with Gasteiger partial charge >= 0.3 is 0 Å². The molecule has 9 aromatic carbocycles. The molecular weight excluding hydrogens is 763 g/mol. The fourth-order valence-corrected chi connectivity index (χ4v) is 10.0. The molecule has 0 radical (unpaired) electrons. The summed E-state index contributed by atoms with van der Waals surface area (Å²) in [6.45, 7) is 4.69. The van der Waals surface area contributed by atoms with E-state index in [9.17, 15) is 0 Å². The number of nitrogens with zero attached hydrogens (tertiary/aromatic N) is 3. The molecule has 298 valence electrons. The van der Waals surface area contributed by atoms with Crippen molar-refractivity contribution >= 4 is 49.8 Å². The highest BCUT2D eigenvalue weighted by atomic mass is 15.1. The van der Waals surface area contributed by atoms with Crippen LogP contribution in [0.2, 0.25) is 0 Å². The summed E-state index contributed by atoms with van der Waals surface area (Å²) >= 11 is 0. The summed E-state index contributed by atoms with van der Waals surface area (Å²) in [7, 11) is 0. The maximum atomic E-state index is 5.42. The van der Waals surface area contributed by atoms with Gasteiger partial charge in [-0.2, -0.15) is 0 Å². The van der Waals surface area contributed by atoms with Crippen molar-refractivity contribution < 1.29 is 0 Å². The van der Waals surface area contributed by atoms with E-state index in [1.807, 2.05) is 0 Å². The Morgan fingerprint density at radius 2 is 1.03 bits per heavy atom. The van der Waals surface area contributed by atoms with Crippen molar-refractivity contribution in [1.29, 1.82) is 0 Å². The maximum Gasteiger partial charge on any atom is 0.0788 e. The van der Waals surface area contributed by atoms with Gasteiger partial charge in [0.1, 0.15) is 0 Å². The van der Waals surface area contributed by atoms with Gasteiger partial charge in [0.2, 0.25) is 0 Å². The van der Waals surface area contributed by atoms with Crippen LogP contribution in [0.3, 0.4) is 0 Å². The van der Waals surface area contributed by atoms with Gasteiger partial charge in [-0.1, -0.05) is 159 Å². The highest BCUT2D eigenvalue weighted by Gasteiger charge is 2.35. The predicted octanol–water partition coefficient (Wildman–Crippen LogP) is 16.1. The number of para-hydroxylation sites is 3. The number of benzene rings is 9. The van der Waals surface area contributed by atoms with Crippen molar-refractivity contribution in [3.05, 3.63) is 236 Å². The molecule has 0 saturated heterocycles. The van der Waals surface area contributed by atoms with Crippen molar-refractivity contribution in [2.24, 2.45) is 0 Å². The first-order valence-corrected chi connectivity index (χ1v) is 21.8. The third-order valence-electron chi connectivity index (χ3n) is 13.2. The molecule has 3 heteroatoms. The van der Waals surface area contributed by atoms with Crippen LogP contribution in [0.4, 0.5) is 17.1 Å². The monoisotopic (exact) mass is 805 g/mol. The summed E-state index contributed by atoms with van der Waals surface area (Å²) in [5, 5.41) is 3.56. The largest absolute Gasteiger partial charge is 0.310 e. The van der Waals surface area contributed by atoms with Gasteiger partial charge in [0.25, 0.3) is 0 Å². The second-order valence-electron chi connectivity index (χ2n) is 17.2. The minimum absolute atomic E-state index is 0.101. The molecule has 1 aliphatic carbocycles. The average molecular weight is 806 g/mol. The van der Waals surface area contributed by atoms with E-state index in [1.165, 1.54) is 49.7 Å². The van der Waals surface area contributed by atoms with Gasteiger partial charge in [-0.05, 0) is 118 Å². The van der Waals surface area contributed by atoms with Gasteiger partial charge in [-0.25, -0.2) is 4.98 Å². The lowest BCUT2D eigenvalue weighted by molar-refractivity contribution is 0.660. The van der Waals surface area contributed by atoms with E-state index in [4.69, 9.17) is 4.98 Å². The standard InChI is InChI=1S/C60H43N3/c1-60(2)54-24-14-13-23-49(54)50-34-32-48(39-55(50)60)62(45-19-8-4-9-20-45)47-30-26-41(27-31-47)59-52(37-44-18-12-15-25-56(44)61-59)43-28-33-51-53-36-42(40-16-6-3-7-17-40)29-35-57(53)63(58(51)38-43)46-21-10-5-11-22-46/h3-39H,1-2H3. The molecule has 63 heavy (non-hydrogen) atoms. The summed E-state index contributed by atoms with van der Waals surface area (Å²) in [5.74, 6) is 0. The Morgan fingerprint density at radius 3 is 1.84 bits per heavy atom. The molecule has 12 rings (SSSR count). The van der Waals surface area contributed by atoms with Crippen LogP contribution in [0.15, 0.2) is 224 Å². The Labute approximate surface area is 367 Å². The van der Waals surface area contributed by atoms with E-state index in [1.54, 1.807) is 0 Å². The van der Waals surface area contributed by atoms with Gasteiger partial charge in [-0.3, -0.25) is 0 Å². The number of aromatic nitrogens is 2. The minimum atomic E-state index is -0.101. The SMILES string of the molecule is CC1(C)c2ccccc2-c2ccc(N(c3ccccc3)c3ccc(-c4nc5ccccc5cc4-c4ccc5c6cc(-c7ccccc7)ccc6n(-c6ccccc6)c5c4)cc3)cc21. The van der Waals surface area contributed by atoms with Crippen molar-refractivity contribution in [3.8, 4) is 50.3 Å². The summed E-state index contributed by atoms with van der Waals surface area (Å²) in [6, 6.07) is 81.4. The van der Waals surface area contributed by atoms with Gasteiger partial charge < -0.3 is 9.47 Å². The van der Waals surface area contributed by atoms with Crippen LogP contribution in [0.1, 0.15) is 25.0 Å². The Kier molecular flexibility index (Phi) is 8.52. The zero-order valence-corrected chi connectivity index (χ0v) is 35.2. The van der Waals surface area contributed by atoms with E-state index in [0.717, 1.165) is 61.6 Å². The molecule has 0 bridgehead atoms. The summed E-state index contributed by atoms with van der Waals surface area (Å²) in [6.07, 6.45) is 0. The predicted molar refractivity (Wildman–Crippen MR) is 265 cm³/mol. The summed E-state index contributed by atoms with van der Waals surface area (Å²) in [5.41, 5.74) is 19.7. The number of rotatable bonds is 7. The highest BCUT2D eigenvalue weighted by Crippen LogP contribution is 2.51. The van der Waals surface area contributed by atoms with Gasteiger partial charge in [0, 0.05) is 55.5 Å². The van der Waals surface area contributed by atoms with E-state index >= 15 is 0 Å². The van der Waals surface area contributed by atoms with Crippen LogP contribution in [0.25, 0.3) is 83.0 Å². The van der Waals surface area contributed by atoms with Crippen molar-refractivity contribution in [2.75, 3.05) is 4.90 Å².